The fourth-order valence-corrected chi connectivity index (χ4v) is 2.99. The van der Waals surface area contributed by atoms with E-state index in [2.05, 4.69) is 19.2 Å². The minimum Gasteiger partial charge on any atom is -0.497 e. The molecule has 134 valence electrons. The predicted octanol–water partition coefficient (Wildman–Crippen LogP) is 2.96. The Morgan fingerprint density at radius 3 is 2.50 bits per heavy atom. The Balaban J connectivity index is 1.85. The van der Waals surface area contributed by atoms with Crippen molar-refractivity contribution in [3.8, 4) is 11.5 Å². The van der Waals surface area contributed by atoms with Crippen molar-refractivity contribution in [2.45, 2.75) is 51.7 Å². The number of ether oxygens (including phenoxy) is 3. The molecule has 1 saturated heterocycles. The van der Waals surface area contributed by atoms with Gasteiger partial charge in [-0.1, -0.05) is 13.8 Å². The van der Waals surface area contributed by atoms with Crippen LogP contribution in [0.15, 0.2) is 18.2 Å². The molecule has 0 unspecified atom stereocenters. The maximum Gasteiger partial charge on any atom is 0.220 e. The fourth-order valence-electron chi connectivity index (χ4n) is 2.99. The van der Waals surface area contributed by atoms with Gasteiger partial charge in [0.2, 0.25) is 5.91 Å². The molecule has 1 aliphatic heterocycles. The molecule has 1 aliphatic rings. The number of rotatable bonds is 7. The van der Waals surface area contributed by atoms with Gasteiger partial charge in [0.05, 0.1) is 20.3 Å². The lowest BCUT2D eigenvalue weighted by Crippen LogP contribution is -2.43. The number of amides is 1. The van der Waals surface area contributed by atoms with Crippen molar-refractivity contribution in [3.05, 3.63) is 23.8 Å². The van der Waals surface area contributed by atoms with Gasteiger partial charge in [-0.25, -0.2) is 0 Å². The first-order chi connectivity index (χ1) is 11.5. The van der Waals surface area contributed by atoms with Crippen molar-refractivity contribution >= 4 is 5.91 Å². The lowest BCUT2D eigenvalue weighted by atomic mass is 9.95. The molecule has 2 rings (SSSR count). The summed E-state index contributed by atoms with van der Waals surface area (Å²) in [5.74, 6) is 2.06. The number of hydrogen-bond acceptors (Lipinski definition) is 4. The summed E-state index contributed by atoms with van der Waals surface area (Å²) < 4.78 is 16.3. The molecule has 0 aliphatic carbocycles. The molecule has 5 heteroatoms. The molecule has 1 N–H and O–H groups in total. The van der Waals surface area contributed by atoms with Gasteiger partial charge >= 0.3 is 0 Å². The number of carbonyl (C=O) groups is 1. The maximum absolute atomic E-state index is 12.3. The number of hydrogen-bond donors (Lipinski definition) is 1. The highest BCUT2D eigenvalue weighted by Gasteiger charge is 2.25. The third-order valence-corrected chi connectivity index (χ3v) is 4.48. The molecule has 2 atom stereocenters. The molecular formula is C19H29NO4. The molecule has 1 heterocycles. The van der Waals surface area contributed by atoms with Crippen molar-refractivity contribution in [1.29, 1.82) is 0 Å². The van der Waals surface area contributed by atoms with Crippen LogP contribution in [0, 0.1) is 5.92 Å². The van der Waals surface area contributed by atoms with Crippen molar-refractivity contribution < 1.29 is 19.0 Å². The van der Waals surface area contributed by atoms with Gasteiger partial charge in [-0.2, -0.15) is 0 Å². The first-order valence-corrected chi connectivity index (χ1v) is 8.64. The summed E-state index contributed by atoms with van der Waals surface area (Å²) in [5, 5.41) is 3.15. The third-order valence-electron chi connectivity index (χ3n) is 4.48. The Morgan fingerprint density at radius 1 is 1.25 bits per heavy atom. The highest BCUT2D eigenvalue weighted by molar-refractivity contribution is 5.76. The largest absolute Gasteiger partial charge is 0.497 e. The van der Waals surface area contributed by atoms with Crippen LogP contribution in [0.25, 0.3) is 0 Å². The Hall–Kier alpha value is -1.75. The monoisotopic (exact) mass is 335 g/mol. The summed E-state index contributed by atoms with van der Waals surface area (Å²) in [5.41, 5.74) is 1.04. The summed E-state index contributed by atoms with van der Waals surface area (Å²) in [6.45, 7) is 5.04. The summed E-state index contributed by atoms with van der Waals surface area (Å²) in [4.78, 5) is 12.3. The Bertz CT molecular complexity index is 522. The average Bonchev–Trinajstić information content (AvgIpc) is 2.59. The minimum absolute atomic E-state index is 0.0891. The molecule has 0 aromatic heterocycles. The van der Waals surface area contributed by atoms with Crippen molar-refractivity contribution in [3.63, 3.8) is 0 Å². The number of aryl methyl sites for hydroxylation is 1. The predicted molar refractivity (Wildman–Crippen MR) is 93.6 cm³/mol. The van der Waals surface area contributed by atoms with Crippen LogP contribution in [0.5, 0.6) is 11.5 Å². The summed E-state index contributed by atoms with van der Waals surface area (Å²) >= 11 is 0. The number of nitrogens with one attached hydrogen (secondary N) is 1. The molecule has 1 fully saturated rings. The highest BCUT2D eigenvalue weighted by atomic mass is 16.5. The van der Waals surface area contributed by atoms with E-state index in [0.717, 1.165) is 36.5 Å². The smallest absolute Gasteiger partial charge is 0.220 e. The van der Waals surface area contributed by atoms with E-state index in [0.29, 0.717) is 18.8 Å². The quantitative estimate of drug-likeness (QED) is 0.832. The second kappa shape index (κ2) is 8.92. The molecule has 0 spiro atoms. The van der Waals surface area contributed by atoms with Crippen molar-refractivity contribution in [2.24, 2.45) is 5.92 Å². The number of carbonyl (C=O) groups excluding carboxylic acids is 1. The zero-order valence-corrected chi connectivity index (χ0v) is 15.1. The van der Waals surface area contributed by atoms with Gasteiger partial charge in [-0.15, -0.1) is 0 Å². The maximum atomic E-state index is 12.3. The third kappa shape index (κ3) is 5.41. The van der Waals surface area contributed by atoms with Crippen LogP contribution in [-0.2, 0) is 16.0 Å². The van der Waals surface area contributed by atoms with Crippen molar-refractivity contribution in [1.82, 2.24) is 5.32 Å². The van der Waals surface area contributed by atoms with E-state index in [1.807, 2.05) is 18.2 Å². The van der Waals surface area contributed by atoms with Gasteiger partial charge in [0.1, 0.15) is 11.5 Å². The van der Waals surface area contributed by atoms with E-state index in [9.17, 15) is 4.79 Å². The minimum atomic E-state index is 0.0891. The summed E-state index contributed by atoms with van der Waals surface area (Å²) in [6.07, 6.45) is 3.15. The normalized spacial score (nSPS) is 20.7. The summed E-state index contributed by atoms with van der Waals surface area (Å²) in [7, 11) is 3.25. The SMILES string of the molecule is COc1cc(CCC(=O)N[C@H]2CCO[C@@H](C(C)C)C2)cc(OC)c1. The fraction of sp³-hybridized carbons (Fsp3) is 0.632. The van der Waals surface area contributed by atoms with Gasteiger partial charge in [0.15, 0.2) is 0 Å². The van der Waals surface area contributed by atoms with Crippen LogP contribution in [-0.4, -0.2) is 38.9 Å². The van der Waals surface area contributed by atoms with E-state index >= 15 is 0 Å². The standard InChI is InChI=1S/C19H29NO4/c1-13(2)18-11-15(7-8-24-18)20-19(21)6-5-14-9-16(22-3)12-17(10-14)23-4/h9-10,12-13,15,18H,5-8,11H2,1-4H3,(H,20,21)/t15-,18+/m0/s1. The first-order valence-electron chi connectivity index (χ1n) is 8.64. The van der Waals surface area contributed by atoms with Gasteiger partial charge in [-0.05, 0) is 42.9 Å². The highest BCUT2D eigenvalue weighted by Crippen LogP contribution is 2.23. The second-order valence-corrected chi connectivity index (χ2v) is 6.66. The number of methoxy groups -OCH3 is 2. The van der Waals surface area contributed by atoms with Crippen LogP contribution >= 0.6 is 0 Å². The average molecular weight is 335 g/mol. The first kappa shape index (κ1) is 18.6. The van der Waals surface area contributed by atoms with Gasteiger partial charge in [0, 0.05) is 25.1 Å². The Morgan fingerprint density at radius 2 is 1.92 bits per heavy atom. The van der Waals surface area contributed by atoms with Crippen LogP contribution < -0.4 is 14.8 Å². The lowest BCUT2D eigenvalue weighted by molar-refractivity contribution is -0.123. The van der Waals surface area contributed by atoms with Gasteiger partial charge in [-0.3, -0.25) is 4.79 Å². The molecule has 0 radical (unpaired) electrons. The van der Waals surface area contributed by atoms with E-state index in [-0.39, 0.29) is 18.1 Å². The zero-order valence-electron chi connectivity index (χ0n) is 15.1. The van der Waals surface area contributed by atoms with Crippen molar-refractivity contribution in [2.75, 3.05) is 20.8 Å². The Kier molecular flexibility index (Phi) is 6.91. The molecule has 0 bridgehead atoms. The van der Waals surface area contributed by atoms with Gasteiger partial charge in [0.25, 0.3) is 0 Å². The van der Waals surface area contributed by atoms with Gasteiger partial charge < -0.3 is 19.5 Å². The zero-order chi connectivity index (χ0) is 17.5. The lowest BCUT2D eigenvalue weighted by Gasteiger charge is -2.32. The van der Waals surface area contributed by atoms with Crippen LogP contribution in [0.1, 0.15) is 38.7 Å². The van der Waals surface area contributed by atoms with E-state index in [1.165, 1.54) is 0 Å². The molecule has 24 heavy (non-hydrogen) atoms. The van der Waals surface area contributed by atoms with E-state index in [1.54, 1.807) is 14.2 Å². The van der Waals surface area contributed by atoms with Crippen LogP contribution in [0.4, 0.5) is 0 Å². The molecule has 1 aromatic carbocycles. The molecular weight excluding hydrogens is 306 g/mol. The Labute approximate surface area is 144 Å². The van der Waals surface area contributed by atoms with E-state index in [4.69, 9.17) is 14.2 Å². The topological polar surface area (TPSA) is 56.8 Å². The van der Waals surface area contributed by atoms with E-state index < -0.39 is 0 Å². The van der Waals surface area contributed by atoms with Crippen LogP contribution in [0.3, 0.4) is 0 Å². The molecule has 1 amide bonds. The molecule has 0 saturated carbocycles. The molecule has 5 nitrogen and oxygen atoms in total. The second-order valence-electron chi connectivity index (χ2n) is 6.66. The number of benzene rings is 1. The summed E-state index contributed by atoms with van der Waals surface area (Å²) in [6, 6.07) is 5.94. The molecule has 1 aromatic rings. The van der Waals surface area contributed by atoms with Crippen LogP contribution in [0.2, 0.25) is 0 Å².